The Labute approximate surface area is 118 Å². The summed E-state index contributed by atoms with van der Waals surface area (Å²) in [5, 5.41) is 3.44. The van der Waals surface area contributed by atoms with Gasteiger partial charge in [0.15, 0.2) is 0 Å². The molecule has 0 saturated heterocycles. The van der Waals surface area contributed by atoms with Gasteiger partial charge in [0, 0.05) is 12.1 Å². The van der Waals surface area contributed by atoms with Crippen molar-refractivity contribution in [3.05, 3.63) is 59.7 Å². The van der Waals surface area contributed by atoms with Gasteiger partial charge in [0.05, 0.1) is 19.0 Å². The van der Waals surface area contributed by atoms with E-state index in [9.17, 15) is 4.39 Å². The number of nitrogens with one attached hydrogen (secondary N) is 1. The first-order chi connectivity index (χ1) is 9.60. The summed E-state index contributed by atoms with van der Waals surface area (Å²) in [4.78, 5) is 4.10. The molecule has 1 N–H and O–H groups in total. The second-order valence-corrected chi connectivity index (χ2v) is 4.79. The summed E-state index contributed by atoms with van der Waals surface area (Å²) in [6.45, 7) is 4.09. The van der Waals surface area contributed by atoms with Crippen LogP contribution in [0.1, 0.15) is 37.2 Å². The number of hydrogen-bond acceptors (Lipinski definition) is 3. The number of halogens is 1. The summed E-state index contributed by atoms with van der Waals surface area (Å²) in [6, 6.07) is 11.2. The van der Waals surface area contributed by atoms with Crippen molar-refractivity contribution in [1.29, 1.82) is 0 Å². The first-order valence-corrected chi connectivity index (χ1v) is 6.61. The second-order valence-electron chi connectivity index (χ2n) is 4.79. The zero-order valence-electron chi connectivity index (χ0n) is 11.9. The van der Waals surface area contributed by atoms with Crippen LogP contribution >= 0.6 is 0 Å². The van der Waals surface area contributed by atoms with E-state index in [0.29, 0.717) is 0 Å². The third-order valence-electron chi connectivity index (χ3n) is 3.29. The van der Waals surface area contributed by atoms with E-state index in [2.05, 4.69) is 17.2 Å². The van der Waals surface area contributed by atoms with Crippen LogP contribution in [0.3, 0.4) is 0 Å². The molecular weight excluding hydrogens is 255 g/mol. The molecule has 2 rings (SSSR count). The lowest BCUT2D eigenvalue weighted by atomic mass is 10.1. The molecule has 4 heteroatoms. The van der Waals surface area contributed by atoms with E-state index >= 15 is 0 Å². The Morgan fingerprint density at radius 2 is 1.95 bits per heavy atom. The molecule has 0 amide bonds. The molecule has 0 spiro atoms. The van der Waals surface area contributed by atoms with Gasteiger partial charge in [-0.3, -0.25) is 4.98 Å². The Morgan fingerprint density at radius 1 is 1.15 bits per heavy atom. The standard InChI is InChI=1S/C16H19FN2O/c1-11(13-5-4-6-15(9-13)20-3)19-12(2)16-8-7-14(17)10-18-16/h4-12,19H,1-3H3/t11-,12?/m0/s1. The van der Waals surface area contributed by atoms with Crippen LogP contribution in [0, 0.1) is 5.82 Å². The van der Waals surface area contributed by atoms with Crippen LogP contribution in [0.15, 0.2) is 42.6 Å². The summed E-state index contributed by atoms with van der Waals surface area (Å²) in [6.07, 6.45) is 1.24. The van der Waals surface area contributed by atoms with Crippen LogP contribution in [-0.4, -0.2) is 12.1 Å². The van der Waals surface area contributed by atoms with Crippen molar-refractivity contribution >= 4 is 0 Å². The average molecular weight is 274 g/mol. The quantitative estimate of drug-likeness (QED) is 0.903. The summed E-state index contributed by atoms with van der Waals surface area (Å²) in [5.74, 6) is 0.519. The topological polar surface area (TPSA) is 34.1 Å². The van der Waals surface area contributed by atoms with Gasteiger partial charge in [0.25, 0.3) is 0 Å². The molecule has 1 heterocycles. The first-order valence-electron chi connectivity index (χ1n) is 6.61. The lowest BCUT2D eigenvalue weighted by Crippen LogP contribution is -2.23. The Hall–Kier alpha value is -1.94. The highest BCUT2D eigenvalue weighted by atomic mass is 19.1. The third-order valence-corrected chi connectivity index (χ3v) is 3.29. The van der Waals surface area contributed by atoms with Crippen molar-refractivity contribution in [3.8, 4) is 5.75 Å². The number of benzene rings is 1. The molecule has 0 aliphatic rings. The number of rotatable bonds is 5. The Morgan fingerprint density at radius 3 is 2.60 bits per heavy atom. The molecule has 0 aliphatic heterocycles. The first kappa shape index (κ1) is 14.5. The minimum absolute atomic E-state index is 0.0387. The minimum atomic E-state index is -0.318. The van der Waals surface area contributed by atoms with Gasteiger partial charge in [-0.1, -0.05) is 12.1 Å². The fourth-order valence-electron chi connectivity index (χ4n) is 2.11. The average Bonchev–Trinajstić information content (AvgIpc) is 2.47. The zero-order valence-corrected chi connectivity index (χ0v) is 11.9. The number of hydrogen-bond donors (Lipinski definition) is 1. The molecule has 2 atom stereocenters. The summed E-state index contributed by atoms with van der Waals surface area (Å²) in [7, 11) is 1.66. The summed E-state index contributed by atoms with van der Waals surface area (Å²) in [5.41, 5.74) is 1.96. The lowest BCUT2D eigenvalue weighted by Gasteiger charge is -2.20. The highest BCUT2D eigenvalue weighted by molar-refractivity contribution is 5.30. The number of aromatic nitrogens is 1. The molecule has 1 unspecified atom stereocenters. The van der Waals surface area contributed by atoms with Gasteiger partial charge in [-0.2, -0.15) is 0 Å². The van der Waals surface area contributed by atoms with Gasteiger partial charge in [-0.15, -0.1) is 0 Å². The smallest absolute Gasteiger partial charge is 0.141 e. The molecule has 20 heavy (non-hydrogen) atoms. The highest BCUT2D eigenvalue weighted by Crippen LogP contribution is 2.21. The van der Waals surface area contributed by atoms with E-state index < -0.39 is 0 Å². The van der Waals surface area contributed by atoms with E-state index in [-0.39, 0.29) is 17.9 Å². The van der Waals surface area contributed by atoms with Gasteiger partial charge in [-0.05, 0) is 43.7 Å². The fraction of sp³-hybridized carbons (Fsp3) is 0.312. The number of ether oxygens (including phenoxy) is 1. The SMILES string of the molecule is COc1cccc([C@H](C)NC(C)c2ccc(F)cn2)c1. The Balaban J connectivity index is 2.06. The maximum Gasteiger partial charge on any atom is 0.141 e. The Kier molecular flexibility index (Phi) is 4.69. The van der Waals surface area contributed by atoms with Crippen LogP contribution in [-0.2, 0) is 0 Å². The lowest BCUT2D eigenvalue weighted by molar-refractivity contribution is 0.412. The predicted octanol–water partition coefficient (Wildman–Crippen LogP) is 3.64. The molecule has 0 saturated carbocycles. The summed E-state index contributed by atoms with van der Waals surface area (Å²) < 4.78 is 18.1. The monoisotopic (exact) mass is 274 g/mol. The van der Waals surface area contributed by atoms with E-state index in [1.54, 1.807) is 13.2 Å². The molecule has 0 aliphatic carbocycles. The normalized spacial score (nSPS) is 13.8. The maximum absolute atomic E-state index is 12.9. The van der Waals surface area contributed by atoms with Crippen molar-refractivity contribution in [2.45, 2.75) is 25.9 Å². The third kappa shape index (κ3) is 3.54. The van der Waals surface area contributed by atoms with Crippen LogP contribution in [0.25, 0.3) is 0 Å². The number of methoxy groups -OCH3 is 1. The largest absolute Gasteiger partial charge is 0.497 e. The molecular formula is C16H19FN2O. The molecule has 106 valence electrons. The summed E-state index contributed by atoms with van der Waals surface area (Å²) >= 11 is 0. The molecule has 0 bridgehead atoms. The molecule has 0 radical (unpaired) electrons. The van der Waals surface area contributed by atoms with Crippen molar-refractivity contribution in [2.75, 3.05) is 7.11 Å². The van der Waals surface area contributed by atoms with Gasteiger partial charge in [0.1, 0.15) is 11.6 Å². The van der Waals surface area contributed by atoms with Gasteiger partial charge < -0.3 is 10.1 Å². The molecule has 2 aromatic rings. The van der Waals surface area contributed by atoms with Crippen LogP contribution in [0.5, 0.6) is 5.75 Å². The second kappa shape index (κ2) is 6.48. The molecule has 1 aromatic heterocycles. The zero-order chi connectivity index (χ0) is 14.5. The van der Waals surface area contributed by atoms with E-state index in [0.717, 1.165) is 17.0 Å². The van der Waals surface area contributed by atoms with Crippen LogP contribution < -0.4 is 10.1 Å². The van der Waals surface area contributed by atoms with E-state index in [1.807, 2.05) is 31.2 Å². The van der Waals surface area contributed by atoms with Crippen molar-refractivity contribution in [2.24, 2.45) is 0 Å². The molecule has 3 nitrogen and oxygen atoms in total. The van der Waals surface area contributed by atoms with E-state index in [4.69, 9.17) is 4.74 Å². The van der Waals surface area contributed by atoms with Gasteiger partial charge in [0.2, 0.25) is 0 Å². The molecule has 0 fully saturated rings. The highest BCUT2D eigenvalue weighted by Gasteiger charge is 2.12. The molecule has 1 aromatic carbocycles. The fourth-order valence-corrected chi connectivity index (χ4v) is 2.11. The Bertz CT molecular complexity index is 557. The van der Waals surface area contributed by atoms with Crippen molar-refractivity contribution in [3.63, 3.8) is 0 Å². The van der Waals surface area contributed by atoms with Gasteiger partial charge in [-0.25, -0.2) is 4.39 Å². The predicted molar refractivity (Wildman–Crippen MR) is 77.2 cm³/mol. The van der Waals surface area contributed by atoms with Crippen molar-refractivity contribution < 1.29 is 9.13 Å². The number of nitrogens with zero attached hydrogens (tertiary/aromatic N) is 1. The number of pyridine rings is 1. The van der Waals surface area contributed by atoms with E-state index in [1.165, 1.54) is 12.3 Å². The van der Waals surface area contributed by atoms with Crippen LogP contribution in [0.2, 0.25) is 0 Å². The van der Waals surface area contributed by atoms with Gasteiger partial charge >= 0.3 is 0 Å². The van der Waals surface area contributed by atoms with Crippen molar-refractivity contribution in [1.82, 2.24) is 10.3 Å². The maximum atomic E-state index is 12.9. The minimum Gasteiger partial charge on any atom is -0.497 e. The van der Waals surface area contributed by atoms with Crippen LogP contribution in [0.4, 0.5) is 4.39 Å².